The van der Waals surface area contributed by atoms with Crippen molar-refractivity contribution in [1.82, 2.24) is 16.0 Å². The van der Waals surface area contributed by atoms with Crippen molar-refractivity contribution in [3.63, 3.8) is 0 Å². The Kier molecular flexibility index (Phi) is 24.4. The molecule has 88 heavy (non-hydrogen) atoms. The number of esters is 7. The molecule has 3 amide bonds. The Hall–Kier alpha value is -8.90. The molecule has 0 aromatic heterocycles. The van der Waals surface area contributed by atoms with Gasteiger partial charge in [-0.05, 0) is 42.0 Å². The standard InChI is InChI=1S/C60H67N3O25/c1-32(64)62-43-47(45(69)41(30-78-53(70)38-21-13-8-14-22-38)82-57(43)76-28-27-61-60(74)79-29-37-19-11-7-12-20-37)86-59-52(85-55(72)40-25-17-10-18-26-40)50(84-54(71)39-23-15-9-16-24-39)49(51(88-59)56(73)75-6)87-58-44(63-33(2)65)48(81-36(5)68)46(80-35(4)67)42(83-58)31-77-34(3)66/h7-26,41-52,57-59,69H,27-31H2,1-6H3,(H,61,74)(H,62,64)(H,63,65)/t41-,42-,43-,44-,45+,46+,47-,48-,49+,50+,51+,52-,57-,58+,59-/m1/s1. The van der Waals surface area contributed by atoms with E-state index in [0.29, 0.717) is 5.56 Å². The highest BCUT2D eigenvalue weighted by Gasteiger charge is 2.60. The van der Waals surface area contributed by atoms with Crippen LogP contribution in [0.25, 0.3) is 0 Å². The van der Waals surface area contributed by atoms with Crippen LogP contribution in [0.15, 0.2) is 121 Å². The molecule has 0 bridgehead atoms. The van der Waals surface area contributed by atoms with Gasteiger partial charge in [0, 0.05) is 41.2 Å². The first-order valence-electron chi connectivity index (χ1n) is 27.6. The van der Waals surface area contributed by atoms with Crippen LogP contribution in [-0.2, 0) is 102 Å². The van der Waals surface area contributed by atoms with Gasteiger partial charge in [-0.1, -0.05) is 84.9 Å². The summed E-state index contributed by atoms with van der Waals surface area (Å²) in [5.41, 5.74) is 0.599. The number of amides is 3. The zero-order valence-corrected chi connectivity index (χ0v) is 48.5. The maximum Gasteiger partial charge on any atom is 0.407 e. The summed E-state index contributed by atoms with van der Waals surface area (Å²) < 4.78 is 83.5. The van der Waals surface area contributed by atoms with E-state index in [2.05, 4.69) is 16.0 Å². The molecule has 0 aliphatic carbocycles. The average molecular weight is 1230 g/mol. The maximum atomic E-state index is 14.6. The van der Waals surface area contributed by atoms with E-state index in [1.54, 1.807) is 60.7 Å². The molecule has 4 aromatic rings. The molecule has 3 aliphatic rings. The van der Waals surface area contributed by atoms with Crippen molar-refractivity contribution in [2.24, 2.45) is 0 Å². The highest BCUT2D eigenvalue weighted by atomic mass is 16.8. The van der Waals surface area contributed by atoms with Crippen molar-refractivity contribution in [1.29, 1.82) is 0 Å². The average Bonchev–Trinajstić information content (AvgIpc) is 1.29. The van der Waals surface area contributed by atoms with Gasteiger partial charge in [-0.3, -0.25) is 24.0 Å². The Morgan fingerprint density at radius 3 is 1.50 bits per heavy atom. The molecule has 3 aliphatic heterocycles. The summed E-state index contributed by atoms with van der Waals surface area (Å²) in [7, 11) is 0.939. The summed E-state index contributed by atoms with van der Waals surface area (Å²) in [6.45, 7) is 3.14. The molecule has 3 heterocycles. The first-order chi connectivity index (χ1) is 42.2. The monoisotopic (exact) mass is 1230 g/mol. The molecular weight excluding hydrogens is 1160 g/mol. The molecule has 0 radical (unpaired) electrons. The van der Waals surface area contributed by atoms with E-state index in [9.17, 15) is 53.1 Å². The van der Waals surface area contributed by atoms with Crippen molar-refractivity contribution in [3.05, 3.63) is 144 Å². The van der Waals surface area contributed by atoms with Gasteiger partial charge in [0.05, 0.1) is 30.4 Å². The summed E-state index contributed by atoms with van der Waals surface area (Å²) in [5, 5.41) is 20.2. The first kappa shape index (κ1) is 66.6. The second-order valence-corrected chi connectivity index (χ2v) is 19.9. The first-order valence-corrected chi connectivity index (χ1v) is 27.6. The van der Waals surface area contributed by atoms with Gasteiger partial charge in [-0.2, -0.15) is 0 Å². The third-order valence-electron chi connectivity index (χ3n) is 13.4. The maximum absolute atomic E-state index is 14.6. The van der Waals surface area contributed by atoms with E-state index in [4.69, 9.17) is 66.3 Å². The van der Waals surface area contributed by atoms with Gasteiger partial charge in [0.25, 0.3) is 0 Å². The van der Waals surface area contributed by atoms with Gasteiger partial charge in [-0.25, -0.2) is 24.0 Å². The van der Waals surface area contributed by atoms with Gasteiger partial charge in [0.1, 0.15) is 62.4 Å². The predicted octanol–water partition coefficient (Wildman–Crippen LogP) is 2.15. The number of nitrogens with one attached hydrogen (secondary N) is 3. The number of rotatable bonds is 24. The summed E-state index contributed by atoms with van der Waals surface area (Å²) in [5.74, 6) is -8.78. The zero-order valence-electron chi connectivity index (χ0n) is 48.5. The number of ether oxygens (including phenoxy) is 14. The lowest BCUT2D eigenvalue weighted by atomic mass is 9.93. The quantitative estimate of drug-likeness (QED) is 0.0443. The molecule has 28 nitrogen and oxygen atoms in total. The Balaban J connectivity index is 1.33. The normalized spacial score (nSPS) is 26.5. The largest absolute Gasteiger partial charge is 0.467 e. The Morgan fingerprint density at radius 2 is 0.966 bits per heavy atom. The van der Waals surface area contributed by atoms with Crippen LogP contribution in [0.3, 0.4) is 0 Å². The Bertz CT molecular complexity index is 3030. The van der Waals surface area contributed by atoms with Crippen LogP contribution in [0.4, 0.5) is 4.79 Å². The molecule has 0 saturated carbocycles. The van der Waals surface area contributed by atoms with Crippen molar-refractivity contribution in [3.8, 4) is 0 Å². The zero-order chi connectivity index (χ0) is 63.4. The number of hydrogen-bond donors (Lipinski definition) is 4. The van der Waals surface area contributed by atoms with Crippen LogP contribution in [0.1, 0.15) is 71.3 Å². The van der Waals surface area contributed by atoms with Gasteiger partial charge in [0.15, 0.2) is 49.4 Å². The summed E-state index contributed by atoms with van der Waals surface area (Å²) in [6, 6.07) is 27.8. The van der Waals surface area contributed by atoms with Gasteiger partial charge >= 0.3 is 47.9 Å². The number of benzene rings is 4. The minimum absolute atomic E-state index is 0.0657. The third-order valence-corrected chi connectivity index (χ3v) is 13.4. The minimum Gasteiger partial charge on any atom is -0.467 e. The van der Waals surface area contributed by atoms with Crippen LogP contribution in [0.5, 0.6) is 0 Å². The molecule has 4 aromatic carbocycles. The van der Waals surface area contributed by atoms with E-state index in [1.807, 2.05) is 0 Å². The van der Waals surface area contributed by atoms with Crippen molar-refractivity contribution >= 4 is 59.7 Å². The second-order valence-electron chi connectivity index (χ2n) is 19.9. The van der Waals surface area contributed by atoms with E-state index in [0.717, 1.165) is 41.7 Å². The number of aliphatic hydroxyl groups excluding tert-OH is 1. The van der Waals surface area contributed by atoms with Crippen LogP contribution >= 0.6 is 0 Å². The molecule has 3 fully saturated rings. The molecular formula is C60H67N3O25. The molecule has 28 heteroatoms. The second kappa shape index (κ2) is 32.2. The number of alkyl carbamates (subject to hydrolysis) is 1. The highest BCUT2D eigenvalue weighted by molar-refractivity contribution is 5.91. The highest BCUT2D eigenvalue weighted by Crippen LogP contribution is 2.38. The van der Waals surface area contributed by atoms with Crippen LogP contribution in [0, 0.1) is 0 Å². The molecule has 3 saturated heterocycles. The van der Waals surface area contributed by atoms with E-state index in [-0.39, 0.29) is 36.4 Å². The lowest BCUT2D eigenvalue weighted by Crippen LogP contribution is -2.71. The lowest BCUT2D eigenvalue weighted by Gasteiger charge is -2.50. The van der Waals surface area contributed by atoms with Crippen molar-refractivity contribution in [2.45, 2.75) is 133 Å². The number of carbonyl (C=O) groups is 10. The lowest BCUT2D eigenvalue weighted by molar-refractivity contribution is -0.359. The fraction of sp³-hybridized carbons (Fsp3) is 0.433. The smallest absolute Gasteiger partial charge is 0.407 e. The van der Waals surface area contributed by atoms with Crippen LogP contribution in [-0.4, -0.2) is 190 Å². The van der Waals surface area contributed by atoms with Crippen LogP contribution in [0.2, 0.25) is 0 Å². The third kappa shape index (κ3) is 18.6. The fourth-order valence-electron chi connectivity index (χ4n) is 9.55. The van der Waals surface area contributed by atoms with Crippen molar-refractivity contribution in [2.75, 3.05) is 33.5 Å². The molecule has 7 rings (SSSR count). The number of hydrogen-bond acceptors (Lipinski definition) is 25. The van der Waals surface area contributed by atoms with Crippen molar-refractivity contribution < 1.29 is 119 Å². The van der Waals surface area contributed by atoms with Gasteiger partial charge < -0.3 is 87.4 Å². The Morgan fingerprint density at radius 1 is 0.477 bits per heavy atom. The minimum atomic E-state index is -2.24. The number of methoxy groups -OCH3 is 1. The summed E-state index contributed by atoms with van der Waals surface area (Å²) in [6.07, 6.45) is -26.0. The fourth-order valence-corrected chi connectivity index (χ4v) is 9.55. The number of aliphatic hydroxyl groups is 1. The van der Waals surface area contributed by atoms with E-state index < -0.39 is 165 Å². The molecule has 472 valence electrons. The molecule has 0 spiro atoms. The summed E-state index contributed by atoms with van der Waals surface area (Å²) >= 11 is 0. The van der Waals surface area contributed by atoms with Crippen LogP contribution < -0.4 is 16.0 Å². The van der Waals surface area contributed by atoms with Gasteiger partial charge in [-0.15, -0.1) is 0 Å². The predicted molar refractivity (Wildman–Crippen MR) is 295 cm³/mol. The molecule has 4 N–H and O–H groups in total. The van der Waals surface area contributed by atoms with Gasteiger partial charge in [0.2, 0.25) is 11.8 Å². The number of carbonyl (C=O) groups excluding carboxylic acids is 10. The summed E-state index contributed by atoms with van der Waals surface area (Å²) in [4.78, 5) is 134. The topological polar surface area (TPSA) is 356 Å². The van der Waals surface area contributed by atoms with E-state index in [1.165, 1.54) is 60.7 Å². The molecule has 0 unspecified atom stereocenters. The van der Waals surface area contributed by atoms with E-state index >= 15 is 0 Å². The Labute approximate surface area is 503 Å². The SMILES string of the molecule is COC(=O)[C@H]1O[C@@H](O[C@H]2[C@@H](O)[C@@H](COC(=O)c3ccccc3)O[C@@H](OCCNC(=O)OCc3ccccc3)[C@@H]2NC(C)=O)[C@H](OC(=O)c2ccccc2)[C@@H](OC(=O)c2ccccc2)[C@@H]1O[C@@H]1O[C@H](COC(C)=O)[C@H](OC(C)=O)[C@H](OC(C)=O)[C@H]1NC(C)=O. The molecule has 15 atom stereocenters.